The quantitative estimate of drug-likeness (QED) is 0.501. The Morgan fingerprint density at radius 2 is 2.18 bits per heavy atom. The van der Waals surface area contributed by atoms with Crippen molar-refractivity contribution in [2.24, 2.45) is 0 Å². The molecule has 0 radical (unpaired) electrons. The SMILES string of the molecule is S=CC1SSc2ccccc21. The van der Waals surface area contributed by atoms with Gasteiger partial charge in [-0.25, -0.2) is 0 Å². The van der Waals surface area contributed by atoms with Crippen molar-refractivity contribution >= 4 is 39.2 Å². The van der Waals surface area contributed by atoms with Crippen LogP contribution in [0.2, 0.25) is 0 Å². The molecule has 0 nitrogen and oxygen atoms in total. The van der Waals surface area contributed by atoms with Gasteiger partial charge in [0.15, 0.2) is 0 Å². The van der Waals surface area contributed by atoms with Gasteiger partial charge in [0, 0.05) is 4.90 Å². The number of hydrogen-bond acceptors (Lipinski definition) is 3. The normalized spacial score (nSPS) is 21.3. The van der Waals surface area contributed by atoms with E-state index in [1.807, 2.05) is 27.0 Å². The average molecular weight is 198 g/mol. The first-order valence-corrected chi connectivity index (χ1v) is 5.98. The molecule has 0 bridgehead atoms. The van der Waals surface area contributed by atoms with Gasteiger partial charge in [0.2, 0.25) is 0 Å². The lowest BCUT2D eigenvalue weighted by Gasteiger charge is -1.99. The summed E-state index contributed by atoms with van der Waals surface area (Å²) in [6.45, 7) is 0. The summed E-state index contributed by atoms with van der Waals surface area (Å²) in [5.74, 6) is 0. The highest BCUT2D eigenvalue weighted by Crippen LogP contribution is 2.51. The van der Waals surface area contributed by atoms with Gasteiger partial charge in [-0.05, 0) is 17.0 Å². The molecule has 0 spiro atoms. The first kappa shape index (κ1) is 7.65. The van der Waals surface area contributed by atoms with Crippen molar-refractivity contribution in [3.05, 3.63) is 29.8 Å². The Balaban J connectivity index is 2.46. The Hall–Kier alpha value is 0.01000. The first-order chi connectivity index (χ1) is 5.42. The van der Waals surface area contributed by atoms with Crippen LogP contribution in [0, 0.1) is 0 Å². The van der Waals surface area contributed by atoms with Crippen LogP contribution in [0.5, 0.6) is 0 Å². The fourth-order valence-electron chi connectivity index (χ4n) is 1.04. The van der Waals surface area contributed by atoms with Crippen LogP contribution >= 0.6 is 33.8 Å². The van der Waals surface area contributed by atoms with Gasteiger partial charge in [-0.15, -0.1) is 0 Å². The summed E-state index contributed by atoms with van der Waals surface area (Å²) in [7, 11) is 3.65. The number of benzene rings is 1. The van der Waals surface area contributed by atoms with Crippen LogP contribution < -0.4 is 0 Å². The lowest BCUT2D eigenvalue weighted by atomic mass is 10.2. The minimum absolute atomic E-state index is 0.422. The average Bonchev–Trinajstić information content (AvgIpc) is 2.47. The third-order valence-electron chi connectivity index (χ3n) is 1.59. The summed E-state index contributed by atoms with van der Waals surface area (Å²) < 4.78 is 0. The number of hydrogen-bond donors (Lipinski definition) is 0. The molecular formula is C8H6S3. The van der Waals surface area contributed by atoms with Gasteiger partial charge >= 0.3 is 0 Å². The second-order valence-corrected chi connectivity index (χ2v) is 4.93. The van der Waals surface area contributed by atoms with E-state index in [1.54, 1.807) is 0 Å². The molecule has 0 saturated carbocycles. The maximum atomic E-state index is 4.93. The van der Waals surface area contributed by atoms with Crippen LogP contribution in [0.3, 0.4) is 0 Å². The lowest BCUT2D eigenvalue weighted by Crippen LogP contribution is -1.87. The Bertz CT molecular complexity index is 282. The second-order valence-electron chi connectivity index (χ2n) is 2.27. The fraction of sp³-hybridized carbons (Fsp3) is 0.125. The molecule has 0 N–H and O–H groups in total. The maximum Gasteiger partial charge on any atom is 0.0697 e. The number of fused-ring (bicyclic) bond motifs is 1. The maximum absolute atomic E-state index is 4.93. The highest BCUT2D eigenvalue weighted by Gasteiger charge is 2.20. The van der Waals surface area contributed by atoms with Crippen LogP contribution in [0.1, 0.15) is 10.8 Å². The smallest absolute Gasteiger partial charge is 0.0697 e. The van der Waals surface area contributed by atoms with Gasteiger partial charge in [-0.3, -0.25) is 0 Å². The van der Waals surface area contributed by atoms with Crippen LogP contribution in [0.4, 0.5) is 0 Å². The zero-order chi connectivity index (χ0) is 7.68. The van der Waals surface area contributed by atoms with Gasteiger partial charge in [0.05, 0.1) is 5.25 Å². The predicted molar refractivity (Wildman–Crippen MR) is 56.3 cm³/mol. The van der Waals surface area contributed by atoms with E-state index in [-0.39, 0.29) is 0 Å². The van der Waals surface area contributed by atoms with E-state index < -0.39 is 0 Å². The van der Waals surface area contributed by atoms with Gasteiger partial charge in [0.1, 0.15) is 0 Å². The first-order valence-electron chi connectivity index (χ1n) is 3.29. The molecule has 1 unspecified atom stereocenters. The van der Waals surface area contributed by atoms with E-state index in [0.29, 0.717) is 5.25 Å². The molecule has 11 heavy (non-hydrogen) atoms. The molecule has 3 heteroatoms. The molecule has 2 rings (SSSR count). The van der Waals surface area contributed by atoms with Crippen LogP contribution in [0.15, 0.2) is 29.2 Å². The molecular weight excluding hydrogens is 192 g/mol. The van der Waals surface area contributed by atoms with Crippen LogP contribution in [-0.2, 0) is 0 Å². The van der Waals surface area contributed by atoms with Crippen LogP contribution in [0.25, 0.3) is 0 Å². The van der Waals surface area contributed by atoms with Gasteiger partial charge in [-0.1, -0.05) is 52.0 Å². The number of thiocarbonyl (C=S) groups is 1. The molecule has 1 aromatic rings. The lowest BCUT2D eigenvalue weighted by molar-refractivity contribution is 1.25. The molecule has 1 aliphatic rings. The molecule has 0 aliphatic carbocycles. The van der Waals surface area contributed by atoms with E-state index in [0.717, 1.165) is 0 Å². The molecule has 1 atom stereocenters. The van der Waals surface area contributed by atoms with Crippen molar-refractivity contribution in [2.45, 2.75) is 10.1 Å². The van der Waals surface area contributed by atoms with Crippen LogP contribution in [-0.4, -0.2) is 5.37 Å². The molecule has 0 saturated heterocycles. The molecule has 1 aromatic carbocycles. The van der Waals surface area contributed by atoms with E-state index in [2.05, 4.69) is 24.3 Å². The standard InChI is InChI=1S/C8H6S3/c9-5-8-6-3-1-2-4-7(6)10-11-8/h1-5,8H. The summed E-state index contributed by atoms with van der Waals surface area (Å²) in [6.07, 6.45) is 0. The van der Waals surface area contributed by atoms with Crippen molar-refractivity contribution in [1.29, 1.82) is 0 Å². The minimum atomic E-state index is 0.422. The van der Waals surface area contributed by atoms with Gasteiger partial charge in [-0.2, -0.15) is 0 Å². The fourth-order valence-corrected chi connectivity index (χ4v) is 4.18. The van der Waals surface area contributed by atoms with Gasteiger partial charge < -0.3 is 0 Å². The van der Waals surface area contributed by atoms with Crippen molar-refractivity contribution in [2.75, 3.05) is 0 Å². The second kappa shape index (κ2) is 3.17. The van der Waals surface area contributed by atoms with Gasteiger partial charge in [0.25, 0.3) is 0 Å². The zero-order valence-corrected chi connectivity index (χ0v) is 8.14. The van der Waals surface area contributed by atoms with Crippen molar-refractivity contribution < 1.29 is 0 Å². The molecule has 0 aromatic heterocycles. The summed E-state index contributed by atoms with van der Waals surface area (Å²) in [5.41, 5.74) is 1.37. The Morgan fingerprint density at radius 1 is 1.36 bits per heavy atom. The van der Waals surface area contributed by atoms with Crippen molar-refractivity contribution in [3.63, 3.8) is 0 Å². The highest BCUT2D eigenvalue weighted by molar-refractivity contribution is 8.77. The van der Waals surface area contributed by atoms with E-state index in [4.69, 9.17) is 12.2 Å². The molecule has 0 amide bonds. The zero-order valence-electron chi connectivity index (χ0n) is 5.69. The third-order valence-corrected chi connectivity index (χ3v) is 4.73. The molecule has 0 fully saturated rings. The largest absolute Gasteiger partial charge is 0.0919 e. The number of rotatable bonds is 1. The molecule has 1 aliphatic heterocycles. The predicted octanol–water partition coefficient (Wildman–Crippen LogP) is 3.48. The minimum Gasteiger partial charge on any atom is -0.0919 e. The highest BCUT2D eigenvalue weighted by atomic mass is 33.1. The summed E-state index contributed by atoms with van der Waals surface area (Å²) in [5, 5.41) is 2.26. The third kappa shape index (κ3) is 1.33. The Morgan fingerprint density at radius 3 is 3.00 bits per heavy atom. The Kier molecular flexibility index (Phi) is 2.20. The van der Waals surface area contributed by atoms with E-state index in [1.165, 1.54) is 10.5 Å². The van der Waals surface area contributed by atoms with E-state index in [9.17, 15) is 0 Å². The topological polar surface area (TPSA) is 0 Å². The summed E-state index contributed by atoms with van der Waals surface area (Å²) >= 11 is 4.93. The van der Waals surface area contributed by atoms with Crippen molar-refractivity contribution in [3.8, 4) is 0 Å². The van der Waals surface area contributed by atoms with Crippen molar-refractivity contribution in [1.82, 2.24) is 0 Å². The molecule has 1 heterocycles. The monoisotopic (exact) mass is 198 g/mol. The van der Waals surface area contributed by atoms with E-state index >= 15 is 0 Å². The summed E-state index contributed by atoms with van der Waals surface area (Å²) in [6, 6.07) is 8.43. The molecule has 56 valence electrons. The Labute approximate surface area is 79.2 Å². The summed E-state index contributed by atoms with van der Waals surface area (Å²) in [4.78, 5) is 1.36.